The quantitative estimate of drug-likeness (QED) is 0.871. The summed E-state index contributed by atoms with van der Waals surface area (Å²) < 4.78 is 1.91. The summed E-state index contributed by atoms with van der Waals surface area (Å²) >= 11 is 0. The molecule has 1 saturated carbocycles. The zero-order valence-corrected chi connectivity index (χ0v) is 11.9. The maximum absolute atomic E-state index is 10.4. The zero-order valence-electron chi connectivity index (χ0n) is 11.9. The predicted octanol–water partition coefficient (Wildman–Crippen LogP) is 1.99. The summed E-state index contributed by atoms with van der Waals surface area (Å²) in [4.78, 5) is 0. The molecule has 0 aromatic carbocycles. The van der Waals surface area contributed by atoms with Crippen molar-refractivity contribution in [1.82, 2.24) is 9.88 Å². The second-order valence-corrected chi connectivity index (χ2v) is 5.70. The molecular formula is C15H23N3O. The Labute approximate surface area is 115 Å². The molecule has 2 rings (SSSR count). The van der Waals surface area contributed by atoms with Crippen molar-refractivity contribution in [2.75, 3.05) is 6.54 Å². The minimum atomic E-state index is -0.529. The van der Waals surface area contributed by atoms with Crippen LogP contribution in [0.2, 0.25) is 0 Å². The Morgan fingerprint density at radius 3 is 2.68 bits per heavy atom. The van der Waals surface area contributed by atoms with Crippen LogP contribution in [0.25, 0.3) is 0 Å². The van der Waals surface area contributed by atoms with Crippen LogP contribution >= 0.6 is 0 Å². The highest BCUT2D eigenvalue weighted by molar-refractivity contribution is 5.34. The van der Waals surface area contributed by atoms with E-state index in [0.717, 1.165) is 36.9 Å². The predicted molar refractivity (Wildman–Crippen MR) is 74.6 cm³/mol. The summed E-state index contributed by atoms with van der Waals surface area (Å²) in [6, 6.07) is 4.11. The normalized spacial score (nSPS) is 18.2. The molecule has 2 N–H and O–H groups in total. The Kier molecular flexibility index (Phi) is 4.28. The fraction of sp³-hybridized carbons (Fsp3) is 0.667. The molecule has 104 valence electrons. The molecule has 1 aliphatic rings. The SMILES string of the molecule is Cc1c(CNCC2(O)CCCCC2)cc(C#N)n1C. The highest BCUT2D eigenvalue weighted by atomic mass is 16.3. The summed E-state index contributed by atoms with van der Waals surface area (Å²) in [5, 5.41) is 22.7. The molecule has 0 atom stereocenters. The first-order valence-electron chi connectivity index (χ1n) is 7.04. The Bertz CT molecular complexity index is 478. The number of hydrogen-bond acceptors (Lipinski definition) is 3. The molecule has 1 heterocycles. The fourth-order valence-corrected chi connectivity index (χ4v) is 2.87. The van der Waals surface area contributed by atoms with Gasteiger partial charge in [0.1, 0.15) is 11.8 Å². The maximum atomic E-state index is 10.4. The van der Waals surface area contributed by atoms with Crippen molar-refractivity contribution in [3.63, 3.8) is 0 Å². The van der Waals surface area contributed by atoms with Crippen LogP contribution in [0.3, 0.4) is 0 Å². The van der Waals surface area contributed by atoms with Crippen molar-refractivity contribution < 1.29 is 5.11 Å². The molecule has 4 nitrogen and oxygen atoms in total. The molecule has 19 heavy (non-hydrogen) atoms. The number of nitriles is 1. The first-order valence-corrected chi connectivity index (χ1v) is 7.04. The van der Waals surface area contributed by atoms with Crippen LogP contribution in [-0.2, 0) is 13.6 Å². The van der Waals surface area contributed by atoms with Crippen LogP contribution in [0.4, 0.5) is 0 Å². The minimum absolute atomic E-state index is 0.529. The van der Waals surface area contributed by atoms with Gasteiger partial charge in [-0.3, -0.25) is 0 Å². The van der Waals surface area contributed by atoms with Crippen molar-refractivity contribution in [1.29, 1.82) is 5.26 Å². The fourth-order valence-electron chi connectivity index (χ4n) is 2.87. The Balaban J connectivity index is 1.91. The Morgan fingerprint density at radius 2 is 2.11 bits per heavy atom. The summed E-state index contributed by atoms with van der Waals surface area (Å²) in [6.45, 7) is 3.38. The first kappa shape index (κ1) is 14.1. The van der Waals surface area contributed by atoms with Crippen LogP contribution in [0.5, 0.6) is 0 Å². The lowest BCUT2D eigenvalue weighted by atomic mass is 9.85. The van der Waals surface area contributed by atoms with Gasteiger partial charge in [0.05, 0.1) is 5.60 Å². The number of nitrogens with one attached hydrogen (secondary N) is 1. The van der Waals surface area contributed by atoms with E-state index in [0.29, 0.717) is 18.8 Å². The van der Waals surface area contributed by atoms with Crippen LogP contribution < -0.4 is 5.32 Å². The molecule has 0 saturated heterocycles. The van der Waals surface area contributed by atoms with Crippen molar-refractivity contribution in [2.45, 2.75) is 51.2 Å². The van der Waals surface area contributed by atoms with E-state index in [2.05, 4.69) is 11.4 Å². The average Bonchev–Trinajstić information content (AvgIpc) is 2.67. The van der Waals surface area contributed by atoms with E-state index in [1.807, 2.05) is 24.6 Å². The van der Waals surface area contributed by atoms with Gasteiger partial charge in [0.15, 0.2) is 0 Å². The van der Waals surface area contributed by atoms with Crippen molar-refractivity contribution in [3.05, 3.63) is 23.0 Å². The number of nitrogens with zero attached hydrogens (tertiary/aromatic N) is 2. The highest BCUT2D eigenvalue weighted by Gasteiger charge is 2.28. The summed E-state index contributed by atoms with van der Waals surface area (Å²) in [5.41, 5.74) is 2.41. The van der Waals surface area contributed by atoms with Gasteiger partial charge in [0, 0.05) is 25.8 Å². The average molecular weight is 261 g/mol. The van der Waals surface area contributed by atoms with E-state index < -0.39 is 5.60 Å². The maximum Gasteiger partial charge on any atom is 0.120 e. The van der Waals surface area contributed by atoms with E-state index in [1.54, 1.807) is 0 Å². The topological polar surface area (TPSA) is 61.0 Å². The van der Waals surface area contributed by atoms with Gasteiger partial charge in [0.2, 0.25) is 0 Å². The van der Waals surface area contributed by atoms with Gasteiger partial charge in [0.25, 0.3) is 0 Å². The molecule has 0 unspecified atom stereocenters. The number of rotatable bonds is 4. The monoisotopic (exact) mass is 261 g/mol. The van der Waals surface area contributed by atoms with E-state index in [-0.39, 0.29) is 0 Å². The number of aromatic nitrogens is 1. The molecule has 0 aliphatic heterocycles. The standard InChI is InChI=1S/C15H23N3O/c1-12-13(8-14(9-16)18(12)2)10-17-11-15(19)6-4-3-5-7-15/h8,17,19H,3-7,10-11H2,1-2H3. The molecule has 1 aromatic rings. The Hall–Kier alpha value is -1.31. The van der Waals surface area contributed by atoms with Crippen LogP contribution in [0, 0.1) is 18.3 Å². The molecule has 0 bridgehead atoms. The summed E-state index contributed by atoms with van der Waals surface area (Å²) in [5.74, 6) is 0. The second-order valence-electron chi connectivity index (χ2n) is 5.70. The largest absolute Gasteiger partial charge is 0.389 e. The lowest BCUT2D eigenvalue weighted by Crippen LogP contribution is -2.41. The third kappa shape index (κ3) is 3.17. The van der Waals surface area contributed by atoms with Crippen LogP contribution in [0.1, 0.15) is 49.1 Å². The van der Waals surface area contributed by atoms with Crippen LogP contribution in [-0.4, -0.2) is 21.8 Å². The first-order chi connectivity index (χ1) is 9.06. The minimum Gasteiger partial charge on any atom is -0.389 e. The number of aliphatic hydroxyl groups is 1. The molecule has 4 heteroatoms. The zero-order chi connectivity index (χ0) is 13.9. The lowest BCUT2D eigenvalue weighted by Gasteiger charge is -2.32. The van der Waals surface area contributed by atoms with Gasteiger partial charge in [-0.2, -0.15) is 5.26 Å². The van der Waals surface area contributed by atoms with Crippen LogP contribution in [0.15, 0.2) is 6.07 Å². The molecular weight excluding hydrogens is 238 g/mol. The van der Waals surface area contributed by atoms with Crippen molar-refractivity contribution >= 4 is 0 Å². The highest BCUT2D eigenvalue weighted by Crippen LogP contribution is 2.27. The van der Waals surface area contributed by atoms with Gasteiger partial charge in [-0.05, 0) is 31.4 Å². The Morgan fingerprint density at radius 1 is 1.42 bits per heavy atom. The lowest BCUT2D eigenvalue weighted by molar-refractivity contribution is 0.00466. The second kappa shape index (κ2) is 5.77. The molecule has 0 amide bonds. The van der Waals surface area contributed by atoms with Crippen molar-refractivity contribution in [3.8, 4) is 6.07 Å². The molecule has 0 spiro atoms. The third-order valence-corrected chi connectivity index (χ3v) is 4.31. The molecule has 1 aromatic heterocycles. The van der Waals surface area contributed by atoms with Gasteiger partial charge in [-0.1, -0.05) is 19.3 Å². The third-order valence-electron chi connectivity index (χ3n) is 4.31. The van der Waals surface area contributed by atoms with E-state index >= 15 is 0 Å². The molecule has 0 radical (unpaired) electrons. The van der Waals surface area contributed by atoms with E-state index in [1.165, 1.54) is 6.42 Å². The van der Waals surface area contributed by atoms with Gasteiger partial charge < -0.3 is 15.0 Å². The smallest absolute Gasteiger partial charge is 0.120 e. The van der Waals surface area contributed by atoms with E-state index in [4.69, 9.17) is 5.26 Å². The number of hydrogen-bond donors (Lipinski definition) is 2. The summed E-state index contributed by atoms with van der Waals surface area (Å²) in [7, 11) is 1.91. The molecule has 1 fully saturated rings. The van der Waals surface area contributed by atoms with Gasteiger partial charge >= 0.3 is 0 Å². The van der Waals surface area contributed by atoms with Gasteiger partial charge in [-0.15, -0.1) is 0 Å². The van der Waals surface area contributed by atoms with E-state index in [9.17, 15) is 5.11 Å². The molecule has 1 aliphatic carbocycles. The van der Waals surface area contributed by atoms with Gasteiger partial charge in [-0.25, -0.2) is 0 Å². The van der Waals surface area contributed by atoms with Crippen molar-refractivity contribution in [2.24, 2.45) is 7.05 Å². The summed E-state index contributed by atoms with van der Waals surface area (Å²) in [6.07, 6.45) is 5.29.